The summed E-state index contributed by atoms with van der Waals surface area (Å²) < 4.78 is 19.3. The first kappa shape index (κ1) is 14.9. The van der Waals surface area contributed by atoms with Crippen molar-refractivity contribution in [2.45, 2.75) is 12.6 Å². The molecule has 0 aliphatic carbocycles. The Balaban J connectivity index is 2.09. The molecule has 0 aromatic heterocycles. The van der Waals surface area contributed by atoms with Gasteiger partial charge >= 0.3 is 0 Å². The Morgan fingerprint density at radius 2 is 2.25 bits per heavy atom. The summed E-state index contributed by atoms with van der Waals surface area (Å²) in [6, 6.07) is 4.71. The van der Waals surface area contributed by atoms with Crippen molar-refractivity contribution in [1.29, 1.82) is 0 Å². The van der Waals surface area contributed by atoms with Gasteiger partial charge in [0.05, 0.1) is 25.9 Å². The van der Waals surface area contributed by atoms with Crippen LogP contribution in [0.4, 0.5) is 4.39 Å². The highest BCUT2D eigenvalue weighted by atomic mass is 19.1. The van der Waals surface area contributed by atoms with Crippen molar-refractivity contribution in [2.24, 2.45) is 0 Å². The number of halogens is 1. The number of rotatable bonds is 3. The zero-order valence-corrected chi connectivity index (χ0v) is 11.2. The van der Waals surface area contributed by atoms with Crippen molar-refractivity contribution in [3.05, 3.63) is 35.1 Å². The lowest BCUT2D eigenvalue weighted by Crippen LogP contribution is -2.46. The molecule has 0 amide bonds. The standard InChI is InChI=1S/C15H18FNO3/c16-15-8-12(2-1-6-18)3-4-13(15)9-17-5-7-20-11-14(17)10-19/h3-4,8,14,18-19H,5-7,9-11H2. The maximum absolute atomic E-state index is 14.0. The van der Waals surface area contributed by atoms with Gasteiger partial charge in [-0.25, -0.2) is 4.39 Å². The van der Waals surface area contributed by atoms with E-state index in [9.17, 15) is 9.50 Å². The zero-order chi connectivity index (χ0) is 14.4. The molecule has 0 spiro atoms. The second-order valence-electron chi connectivity index (χ2n) is 4.65. The molecule has 0 bridgehead atoms. The number of aliphatic hydroxyl groups is 2. The lowest BCUT2D eigenvalue weighted by Gasteiger charge is -2.34. The van der Waals surface area contributed by atoms with Gasteiger partial charge in [0.2, 0.25) is 0 Å². The molecule has 1 aromatic rings. The minimum atomic E-state index is -0.321. The summed E-state index contributed by atoms with van der Waals surface area (Å²) in [4.78, 5) is 2.01. The number of ether oxygens (including phenoxy) is 1. The Morgan fingerprint density at radius 1 is 1.40 bits per heavy atom. The molecule has 5 heteroatoms. The quantitative estimate of drug-likeness (QED) is 0.785. The van der Waals surface area contributed by atoms with Gasteiger partial charge in [0.25, 0.3) is 0 Å². The van der Waals surface area contributed by atoms with E-state index in [1.54, 1.807) is 12.1 Å². The normalized spacial score (nSPS) is 19.4. The average molecular weight is 279 g/mol. The molecular formula is C15H18FNO3. The fraction of sp³-hybridized carbons (Fsp3) is 0.467. The predicted molar refractivity (Wildman–Crippen MR) is 72.5 cm³/mol. The van der Waals surface area contributed by atoms with Crippen molar-refractivity contribution >= 4 is 0 Å². The Morgan fingerprint density at radius 3 is 2.95 bits per heavy atom. The van der Waals surface area contributed by atoms with E-state index in [-0.39, 0.29) is 25.1 Å². The molecule has 2 N–H and O–H groups in total. The van der Waals surface area contributed by atoms with E-state index in [0.717, 1.165) is 0 Å². The number of benzene rings is 1. The molecule has 0 saturated carbocycles. The van der Waals surface area contributed by atoms with Gasteiger partial charge in [0, 0.05) is 24.2 Å². The second-order valence-corrected chi connectivity index (χ2v) is 4.65. The molecule has 1 aliphatic heterocycles. The van der Waals surface area contributed by atoms with Gasteiger partial charge in [-0.05, 0) is 12.1 Å². The van der Waals surface area contributed by atoms with E-state index in [1.807, 2.05) is 4.90 Å². The van der Waals surface area contributed by atoms with E-state index < -0.39 is 0 Å². The van der Waals surface area contributed by atoms with Gasteiger partial charge in [0.1, 0.15) is 12.4 Å². The highest BCUT2D eigenvalue weighted by Crippen LogP contribution is 2.16. The molecule has 1 unspecified atom stereocenters. The smallest absolute Gasteiger partial charge is 0.128 e. The highest BCUT2D eigenvalue weighted by molar-refractivity contribution is 5.37. The Hall–Kier alpha value is -1.45. The van der Waals surface area contributed by atoms with Crippen LogP contribution in [0.5, 0.6) is 0 Å². The fourth-order valence-electron chi connectivity index (χ4n) is 2.18. The number of nitrogens with zero attached hydrogens (tertiary/aromatic N) is 1. The lowest BCUT2D eigenvalue weighted by molar-refractivity contribution is -0.0316. The summed E-state index contributed by atoms with van der Waals surface area (Å²) in [5.41, 5.74) is 1.11. The maximum atomic E-state index is 14.0. The average Bonchev–Trinajstić information content (AvgIpc) is 2.48. The Kier molecular flexibility index (Phi) is 5.50. The Labute approximate surface area is 117 Å². The molecule has 1 heterocycles. The minimum absolute atomic E-state index is 0.00166. The van der Waals surface area contributed by atoms with E-state index in [2.05, 4.69) is 11.8 Å². The van der Waals surface area contributed by atoms with Crippen LogP contribution in [-0.4, -0.2) is 54.1 Å². The van der Waals surface area contributed by atoms with Crippen molar-refractivity contribution in [2.75, 3.05) is 33.0 Å². The lowest BCUT2D eigenvalue weighted by atomic mass is 10.1. The van der Waals surface area contributed by atoms with Crippen molar-refractivity contribution in [3.8, 4) is 11.8 Å². The summed E-state index contributed by atoms with van der Waals surface area (Å²) in [7, 11) is 0. The number of hydrogen-bond acceptors (Lipinski definition) is 4. The topological polar surface area (TPSA) is 52.9 Å². The van der Waals surface area contributed by atoms with Crippen LogP contribution in [0.2, 0.25) is 0 Å². The molecule has 108 valence electrons. The molecular weight excluding hydrogens is 261 g/mol. The van der Waals surface area contributed by atoms with Crippen LogP contribution in [0.3, 0.4) is 0 Å². The van der Waals surface area contributed by atoms with E-state index in [1.165, 1.54) is 6.07 Å². The molecule has 0 radical (unpaired) electrons. The molecule has 1 aromatic carbocycles. The van der Waals surface area contributed by atoms with Crippen LogP contribution in [0.25, 0.3) is 0 Å². The minimum Gasteiger partial charge on any atom is -0.395 e. The monoisotopic (exact) mass is 279 g/mol. The van der Waals surface area contributed by atoms with Crippen LogP contribution in [-0.2, 0) is 11.3 Å². The molecule has 2 rings (SSSR count). The molecule has 1 atom stereocenters. The van der Waals surface area contributed by atoms with E-state index in [0.29, 0.717) is 37.4 Å². The van der Waals surface area contributed by atoms with E-state index in [4.69, 9.17) is 9.84 Å². The third-order valence-corrected chi connectivity index (χ3v) is 3.30. The number of hydrogen-bond donors (Lipinski definition) is 2. The van der Waals surface area contributed by atoms with Crippen LogP contribution >= 0.6 is 0 Å². The third-order valence-electron chi connectivity index (χ3n) is 3.30. The first-order chi connectivity index (χ1) is 9.74. The highest BCUT2D eigenvalue weighted by Gasteiger charge is 2.23. The maximum Gasteiger partial charge on any atom is 0.128 e. The van der Waals surface area contributed by atoms with Crippen LogP contribution in [0, 0.1) is 17.7 Å². The van der Waals surface area contributed by atoms with Crippen LogP contribution in [0.15, 0.2) is 18.2 Å². The van der Waals surface area contributed by atoms with Gasteiger partial charge in [-0.1, -0.05) is 17.9 Å². The van der Waals surface area contributed by atoms with Crippen LogP contribution < -0.4 is 0 Å². The molecule has 1 aliphatic rings. The van der Waals surface area contributed by atoms with Crippen molar-refractivity contribution in [1.82, 2.24) is 4.90 Å². The van der Waals surface area contributed by atoms with Gasteiger partial charge < -0.3 is 14.9 Å². The summed E-state index contributed by atoms with van der Waals surface area (Å²) in [5, 5.41) is 17.9. The van der Waals surface area contributed by atoms with Crippen molar-refractivity contribution < 1.29 is 19.3 Å². The molecule has 1 saturated heterocycles. The van der Waals surface area contributed by atoms with Crippen LogP contribution in [0.1, 0.15) is 11.1 Å². The number of morpholine rings is 1. The summed E-state index contributed by atoms with van der Waals surface area (Å²) >= 11 is 0. The SMILES string of the molecule is OCC#Cc1ccc(CN2CCOCC2CO)c(F)c1. The first-order valence-electron chi connectivity index (χ1n) is 6.55. The van der Waals surface area contributed by atoms with Gasteiger partial charge in [-0.15, -0.1) is 0 Å². The Bertz CT molecular complexity index is 510. The summed E-state index contributed by atoms with van der Waals surface area (Å²) in [6.07, 6.45) is 0. The fourth-order valence-corrected chi connectivity index (χ4v) is 2.18. The molecule has 4 nitrogen and oxygen atoms in total. The van der Waals surface area contributed by atoms with Gasteiger partial charge in [-0.3, -0.25) is 4.90 Å². The second kappa shape index (κ2) is 7.36. The van der Waals surface area contributed by atoms with Gasteiger partial charge in [-0.2, -0.15) is 0 Å². The summed E-state index contributed by atoms with van der Waals surface area (Å²) in [6.45, 7) is 1.94. The first-order valence-corrected chi connectivity index (χ1v) is 6.55. The molecule has 20 heavy (non-hydrogen) atoms. The van der Waals surface area contributed by atoms with Crippen molar-refractivity contribution in [3.63, 3.8) is 0 Å². The largest absolute Gasteiger partial charge is 0.395 e. The predicted octanol–water partition coefficient (Wildman–Crippen LogP) is 0.363. The molecule has 1 fully saturated rings. The van der Waals surface area contributed by atoms with E-state index >= 15 is 0 Å². The number of aliphatic hydroxyl groups excluding tert-OH is 2. The summed E-state index contributed by atoms with van der Waals surface area (Å²) in [5.74, 6) is 4.84. The van der Waals surface area contributed by atoms with Gasteiger partial charge in [0.15, 0.2) is 0 Å². The third kappa shape index (κ3) is 3.78. The zero-order valence-electron chi connectivity index (χ0n) is 11.2.